The molecular weight excluding hydrogens is 349 g/mol. The number of fused-ring (bicyclic) bond motifs is 1. The second kappa shape index (κ2) is 6.70. The van der Waals surface area contributed by atoms with Crippen molar-refractivity contribution in [3.05, 3.63) is 53.9 Å². The zero-order valence-corrected chi connectivity index (χ0v) is 13.7. The molecule has 0 unspecified atom stereocenters. The van der Waals surface area contributed by atoms with Crippen molar-refractivity contribution >= 4 is 11.6 Å². The van der Waals surface area contributed by atoms with Crippen molar-refractivity contribution in [2.45, 2.75) is 19.5 Å². The third-order valence-corrected chi connectivity index (χ3v) is 3.80. The van der Waals surface area contributed by atoms with Crippen molar-refractivity contribution in [1.82, 2.24) is 9.38 Å². The minimum Gasteiger partial charge on any atom is -0.494 e. The van der Waals surface area contributed by atoms with E-state index in [0.29, 0.717) is 23.6 Å². The summed E-state index contributed by atoms with van der Waals surface area (Å²) in [6, 6.07) is 8.95. The third kappa shape index (κ3) is 3.49. The van der Waals surface area contributed by atoms with Crippen molar-refractivity contribution in [1.29, 1.82) is 0 Å². The number of nitrogens with zero attached hydrogens (tertiary/aromatic N) is 2. The van der Waals surface area contributed by atoms with E-state index in [4.69, 9.17) is 4.74 Å². The van der Waals surface area contributed by atoms with Crippen LogP contribution in [0.1, 0.15) is 18.2 Å². The van der Waals surface area contributed by atoms with E-state index in [1.165, 1.54) is 10.5 Å². The SMILES string of the molecule is CCOc1ccc(-c2nc3ccc(C(F)(F)F)cn3c2CC(=O)O)cc1. The topological polar surface area (TPSA) is 63.8 Å². The molecule has 8 heteroatoms. The van der Waals surface area contributed by atoms with Crippen molar-refractivity contribution in [2.24, 2.45) is 0 Å². The Morgan fingerprint density at radius 3 is 2.46 bits per heavy atom. The lowest BCUT2D eigenvalue weighted by atomic mass is 10.1. The Labute approximate surface area is 146 Å². The molecule has 0 bridgehead atoms. The van der Waals surface area contributed by atoms with Gasteiger partial charge in [-0.1, -0.05) is 0 Å². The number of carboxylic acids is 1. The zero-order chi connectivity index (χ0) is 18.9. The summed E-state index contributed by atoms with van der Waals surface area (Å²) < 4.78 is 45.5. The Balaban J connectivity index is 2.16. The number of halogens is 3. The number of hydrogen-bond donors (Lipinski definition) is 1. The van der Waals surface area contributed by atoms with E-state index >= 15 is 0 Å². The van der Waals surface area contributed by atoms with Gasteiger partial charge in [-0.3, -0.25) is 4.79 Å². The van der Waals surface area contributed by atoms with Gasteiger partial charge in [-0.15, -0.1) is 0 Å². The summed E-state index contributed by atoms with van der Waals surface area (Å²) in [5, 5.41) is 9.18. The number of aliphatic carboxylic acids is 1. The average Bonchev–Trinajstić information content (AvgIpc) is 2.92. The summed E-state index contributed by atoms with van der Waals surface area (Å²) in [5.41, 5.74) is 0.491. The first-order chi connectivity index (χ1) is 12.3. The summed E-state index contributed by atoms with van der Waals surface area (Å²) in [4.78, 5) is 15.6. The first kappa shape index (κ1) is 17.8. The second-order valence-electron chi connectivity index (χ2n) is 5.58. The molecular formula is C18H15F3N2O3. The molecule has 0 spiro atoms. The highest BCUT2D eigenvalue weighted by Crippen LogP contribution is 2.32. The van der Waals surface area contributed by atoms with E-state index < -0.39 is 24.1 Å². The molecule has 0 aliphatic rings. The summed E-state index contributed by atoms with van der Waals surface area (Å²) in [6.45, 7) is 2.34. The normalized spacial score (nSPS) is 11.7. The van der Waals surface area contributed by atoms with Crippen LogP contribution in [0.25, 0.3) is 16.9 Å². The van der Waals surface area contributed by atoms with E-state index in [9.17, 15) is 23.1 Å². The van der Waals surface area contributed by atoms with Crippen LogP contribution >= 0.6 is 0 Å². The van der Waals surface area contributed by atoms with Gasteiger partial charge in [-0.05, 0) is 43.3 Å². The highest BCUT2D eigenvalue weighted by molar-refractivity contribution is 5.76. The van der Waals surface area contributed by atoms with Gasteiger partial charge in [0.2, 0.25) is 0 Å². The number of pyridine rings is 1. The first-order valence-electron chi connectivity index (χ1n) is 7.83. The molecule has 0 fully saturated rings. The predicted octanol–water partition coefficient (Wildman–Crippen LogP) is 4.05. The predicted molar refractivity (Wildman–Crippen MR) is 88.1 cm³/mol. The second-order valence-corrected chi connectivity index (χ2v) is 5.58. The molecule has 136 valence electrons. The smallest absolute Gasteiger partial charge is 0.417 e. The van der Waals surface area contributed by atoms with E-state index in [-0.39, 0.29) is 11.3 Å². The van der Waals surface area contributed by atoms with Gasteiger partial charge in [0.25, 0.3) is 0 Å². The van der Waals surface area contributed by atoms with E-state index in [0.717, 1.165) is 12.3 Å². The van der Waals surface area contributed by atoms with Crippen molar-refractivity contribution in [3.8, 4) is 17.0 Å². The fraction of sp³-hybridized carbons (Fsp3) is 0.222. The molecule has 3 aromatic rings. The van der Waals surface area contributed by atoms with E-state index in [2.05, 4.69) is 4.98 Å². The molecule has 2 heterocycles. The Morgan fingerprint density at radius 2 is 1.88 bits per heavy atom. The number of imidazole rings is 1. The standard InChI is InChI=1S/C18H15F3N2O3/c1-2-26-13-6-3-11(4-7-13)17-14(9-16(24)25)23-10-12(18(19,20)21)5-8-15(23)22-17/h3-8,10H,2,9H2,1H3,(H,24,25). The minimum absolute atomic E-state index is 0.183. The molecule has 0 saturated carbocycles. The van der Waals surface area contributed by atoms with Gasteiger partial charge in [0.05, 0.1) is 30.0 Å². The zero-order valence-electron chi connectivity index (χ0n) is 13.7. The Morgan fingerprint density at radius 1 is 1.19 bits per heavy atom. The Bertz CT molecular complexity index is 947. The molecule has 26 heavy (non-hydrogen) atoms. The lowest BCUT2D eigenvalue weighted by molar-refractivity contribution is -0.138. The van der Waals surface area contributed by atoms with Gasteiger partial charge < -0.3 is 14.2 Å². The van der Waals surface area contributed by atoms with Crippen LogP contribution in [0.3, 0.4) is 0 Å². The molecule has 1 aromatic carbocycles. The minimum atomic E-state index is -4.53. The fourth-order valence-electron chi connectivity index (χ4n) is 2.68. The quantitative estimate of drug-likeness (QED) is 0.742. The van der Waals surface area contributed by atoms with Gasteiger partial charge in [-0.25, -0.2) is 4.98 Å². The highest BCUT2D eigenvalue weighted by Gasteiger charge is 2.31. The maximum absolute atomic E-state index is 13.0. The average molecular weight is 364 g/mol. The van der Waals surface area contributed by atoms with Crippen molar-refractivity contribution in [2.75, 3.05) is 6.61 Å². The fourth-order valence-corrected chi connectivity index (χ4v) is 2.68. The number of ether oxygens (including phenoxy) is 1. The van der Waals surface area contributed by atoms with E-state index in [1.807, 2.05) is 6.92 Å². The highest BCUT2D eigenvalue weighted by atomic mass is 19.4. The number of aromatic nitrogens is 2. The van der Waals surface area contributed by atoms with Crippen LogP contribution in [0.15, 0.2) is 42.6 Å². The van der Waals surface area contributed by atoms with E-state index in [1.54, 1.807) is 24.3 Å². The maximum Gasteiger partial charge on any atom is 0.417 e. The van der Waals surface area contributed by atoms with Crippen LogP contribution < -0.4 is 4.74 Å². The van der Waals surface area contributed by atoms with Gasteiger partial charge in [0.1, 0.15) is 11.4 Å². The molecule has 2 aromatic heterocycles. The van der Waals surface area contributed by atoms with Gasteiger partial charge in [0, 0.05) is 11.8 Å². The van der Waals surface area contributed by atoms with Gasteiger partial charge in [0.15, 0.2) is 0 Å². The number of alkyl halides is 3. The summed E-state index contributed by atoms with van der Waals surface area (Å²) in [7, 11) is 0. The van der Waals surface area contributed by atoms with Crippen LogP contribution in [0.2, 0.25) is 0 Å². The Hall–Kier alpha value is -3.03. The molecule has 3 rings (SSSR count). The molecule has 0 aliphatic heterocycles. The number of carboxylic acid groups (broad SMARTS) is 1. The van der Waals surface area contributed by atoms with Crippen LogP contribution in [-0.4, -0.2) is 27.1 Å². The summed E-state index contributed by atoms with van der Waals surface area (Å²) in [5.74, 6) is -0.518. The monoisotopic (exact) mass is 364 g/mol. The maximum atomic E-state index is 13.0. The third-order valence-electron chi connectivity index (χ3n) is 3.80. The van der Waals surface area contributed by atoms with Crippen LogP contribution in [-0.2, 0) is 17.4 Å². The first-order valence-corrected chi connectivity index (χ1v) is 7.83. The largest absolute Gasteiger partial charge is 0.494 e. The summed E-state index contributed by atoms with van der Waals surface area (Å²) in [6.07, 6.45) is -4.11. The molecule has 0 radical (unpaired) electrons. The van der Waals surface area contributed by atoms with Gasteiger partial charge >= 0.3 is 12.1 Å². The van der Waals surface area contributed by atoms with Crippen LogP contribution in [0, 0.1) is 0 Å². The number of hydrogen-bond acceptors (Lipinski definition) is 3. The van der Waals surface area contributed by atoms with Crippen LogP contribution in [0.4, 0.5) is 13.2 Å². The molecule has 0 atom stereocenters. The lowest BCUT2D eigenvalue weighted by Gasteiger charge is -2.08. The lowest BCUT2D eigenvalue weighted by Crippen LogP contribution is -2.09. The number of carbonyl (C=O) groups is 1. The van der Waals surface area contributed by atoms with Gasteiger partial charge in [-0.2, -0.15) is 13.2 Å². The van der Waals surface area contributed by atoms with Crippen molar-refractivity contribution in [3.63, 3.8) is 0 Å². The number of rotatable bonds is 5. The molecule has 0 saturated heterocycles. The Kier molecular flexibility index (Phi) is 4.58. The van der Waals surface area contributed by atoms with Crippen LogP contribution in [0.5, 0.6) is 5.75 Å². The summed E-state index contributed by atoms with van der Waals surface area (Å²) >= 11 is 0. The molecule has 1 N–H and O–H groups in total. The molecule has 0 aliphatic carbocycles. The van der Waals surface area contributed by atoms with Crippen molar-refractivity contribution < 1.29 is 27.8 Å². The number of benzene rings is 1. The molecule has 5 nitrogen and oxygen atoms in total. The molecule has 0 amide bonds.